The lowest BCUT2D eigenvalue weighted by atomic mass is 10.0. The number of carboxylic acid groups (broad SMARTS) is 1. The molecule has 0 spiro atoms. The van der Waals surface area contributed by atoms with Crippen LogP contribution in [0, 0.1) is 5.92 Å². The highest BCUT2D eigenvalue weighted by molar-refractivity contribution is 5.99. The molecule has 1 heterocycles. The average Bonchev–Trinajstić information content (AvgIpc) is 2.71. The molecule has 18 heavy (non-hydrogen) atoms. The van der Waals surface area contributed by atoms with Gasteiger partial charge >= 0.3 is 5.97 Å². The molecule has 1 aliphatic heterocycles. The van der Waals surface area contributed by atoms with Gasteiger partial charge in [0.15, 0.2) is 0 Å². The number of nitrogens with zero attached hydrogens (tertiary/aromatic N) is 1. The Morgan fingerprint density at radius 1 is 1.33 bits per heavy atom. The molecule has 1 saturated heterocycles. The van der Waals surface area contributed by atoms with Crippen molar-refractivity contribution in [1.82, 2.24) is 0 Å². The van der Waals surface area contributed by atoms with Crippen LogP contribution >= 0.6 is 0 Å². The Kier molecular flexibility index (Phi) is 3.36. The highest BCUT2D eigenvalue weighted by atomic mass is 16.4. The fourth-order valence-electron chi connectivity index (χ4n) is 2.16. The van der Waals surface area contributed by atoms with Crippen molar-refractivity contribution in [3.63, 3.8) is 0 Å². The third kappa shape index (κ3) is 2.37. The number of rotatable bonds is 3. The first-order chi connectivity index (χ1) is 8.49. The molecule has 4 heteroatoms. The number of benzene rings is 1. The molecule has 0 aromatic heterocycles. The van der Waals surface area contributed by atoms with Gasteiger partial charge in [0.25, 0.3) is 0 Å². The number of carbonyl (C=O) groups is 2. The van der Waals surface area contributed by atoms with Gasteiger partial charge in [-0.1, -0.05) is 26.0 Å². The third-order valence-corrected chi connectivity index (χ3v) is 3.35. The minimum absolute atomic E-state index is 0.0985. The van der Waals surface area contributed by atoms with Crippen LogP contribution in [0.2, 0.25) is 0 Å². The Labute approximate surface area is 106 Å². The van der Waals surface area contributed by atoms with Gasteiger partial charge in [-0.25, -0.2) is 0 Å². The molecule has 0 bridgehead atoms. The zero-order chi connectivity index (χ0) is 13.3. The van der Waals surface area contributed by atoms with Gasteiger partial charge in [0.05, 0.1) is 5.92 Å². The van der Waals surface area contributed by atoms with Crippen LogP contribution < -0.4 is 4.90 Å². The first-order valence-corrected chi connectivity index (χ1v) is 6.12. The summed E-state index contributed by atoms with van der Waals surface area (Å²) in [6.07, 6.45) is 0.0985. The predicted molar refractivity (Wildman–Crippen MR) is 68.6 cm³/mol. The highest BCUT2D eigenvalue weighted by Crippen LogP contribution is 2.26. The lowest BCUT2D eigenvalue weighted by Crippen LogP contribution is -2.25. The van der Waals surface area contributed by atoms with Crippen LogP contribution in [0.5, 0.6) is 0 Å². The van der Waals surface area contributed by atoms with E-state index in [4.69, 9.17) is 5.11 Å². The summed E-state index contributed by atoms with van der Waals surface area (Å²) in [5.74, 6) is -1.15. The Morgan fingerprint density at radius 3 is 2.39 bits per heavy atom. The molecule has 0 unspecified atom stereocenters. The fourth-order valence-corrected chi connectivity index (χ4v) is 2.16. The summed E-state index contributed by atoms with van der Waals surface area (Å²) in [5, 5.41) is 8.93. The summed E-state index contributed by atoms with van der Waals surface area (Å²) in [5.41, 5.74) is 1.99. The van der Waals surface area contributed by atoms with E-state index in [1.165, 1.54) is 5.56 Å². The molecule has 1 fully saturated rings. The molecule has 96 valence electrons. The normalized spacial score (nSPS) is 19.6. The molecular formula is C14H17NO3. The zero-order valence-corrected chi connectivity index (χ0v) is 10.6. The van der Waals surface area contributed by atoms with Crippen LogP contribution in [0.4, 0.5) is 5.69 Å². The van der Waals surface area contributed by atoms with Crippen molar-refractivity contribution in [2.75, 3.05) is 11.4 Å². The lowest BCUT2D eigenvalue weighted by molar-refractivity contribution is -0.141. The van der Waals surface area contributed by atoms with E-state index < -0.39 is 11.9 Å². The van der Waals surface area contributed by atoms with E-state index in [1.54, 1.807) is 4.90 Å². The molecule has 1 aromatic rings. The molecule has 1 atom stereocenters. The van der Waals surface area contributed by atoms with Crippen molar-refractivity contribution in [3.05, 3.63) is 29.8 Å². The predicted octanol–water partition coefficient (Wildman–Crippen LogP) is 2.25. The van der Waals surface area contributed by atoms with Crippen molar-refractivity contribution >= 4 is 17.6 Å². The fraction of sp³-hybridized carbons (Fsp3) is 0.429. The summed E-state index contributed by atoms with van der Waals surface area (Å²) in [6, 6.07) is 7.75. The highest BCUT2D eigenvalue weighted by Gasteiger charge is 2.34. The third-order valence-electron chi connectivity index (χ3n) is 3.35. The molecule has 1 aliphatic rings. The van der Waals surface area contributed by atoms with Gasteiger partial charge in [0.1, 0.15) is 0 Å². The number of amides is 1. The minimum Gasteiger partial charge on any atom is -0.481 e. The van der Waals surface area contributed by atoms with Crippen molar-refractivity contribution < 1.29 is 14.7 Å². The molecule has 1 aromatic carbocycles. The van der Waals surface area contributed by atoms with Crippen LogP contribution in [0.25, 0.3) is 0 Å². The van der Waals surface area contributed by atoms with Crippen LogP contribution in [-0.2, 0) is 9.59 Å². The van der Waals surface area contributed by atoms with E-state index >= 15 is 0 Å². The Balaban J connectivity index is 2.17. The summed E-state index contributed by atoms with van der Waals surface area (Å²) >= 11 is 0. The quantitative estimate of drug-likeness (QED) is 0.891. The van der Waals surface area contributed by atoms with Crippen LogP contribution in [0.15, 0.2) is 24.3 Å². The first-order valence-electron chi connectivity index (χ1n) is 6.12. The average molecular weight is 247 g/mol. The molecule has 4 nitrogen and oxygen atoms in total. The van der Waals surface area contributed by atoms with Gasteiger partial charge in [-0.15, -0.1) is 0 Å². The number of carbonyl (C=O) groups excluding carboxylic acids is 1. The van der Waals surface area contributed by atoms with Gasteiger partial charge in [-0.2, -0.15) is 0 Å². The van der Waals surface area contributed by atoms with Crippen molar-refractivity contribution in [2.24, 2.45) is 5.92 Å². The molecule has 2 rings (SSSR count). The second-order valence-electron chi connectivity index (χ2n) is 4.99. The van der Waals surface area contributed by atoms with Gasteiger partial charge < -0.3 is 10.0 Å². The Morgan fingerprint density at radius 2 is 1.94 bits per heavy atom. The summed E-state index contributed by atoms with van der Waals surface area (Å²) in [4.78, 5) is 24.2. The zero-order valence-electron chi connectivity index (χ0n) is 10.6. The van der Waals surface area contributed by atoms with Gasteiger partial charge in [-0.05, 0) is 23.6 Å². The molecule has 0 saturated carbocycles. The largest absolute Gasteiger partial charge is 0.481 e. The number of anilines is 1. The number of aliphatic carboxylic acids is 1. The first kappa shape index (κ1) is 12.6. The maximum atomic E-state index is 11.8. The number of carboxylic acids is 1. The standard InChI is InChI=1S/C14H17NO3/c1-9(2)10-3-5-12(6-4-10)15-8-11(14(17)18)7-13(15)16/h3-6,9,11H,7-8H2,1-2H3,(H,17,18)/t11-/m1/s1. The van der Waals surface area contributed by atoms with E-state index in [2.05, 4.69) is 13.8 Å². The van der Waals surface area contributed by atoms with Gasteiger partial charge in [0.2, 0.25) is 5.91 Å². The van der Waals surface area contributed by atoms with Gasteiger partial charge in [-0.3, -0.25) is 9.59 Å². The SMILES string of the molecule is CC(C)c1ccc(N2C[C@H](C(=O)O)CC2=O)cc1. The molecule has 0 radical (unpaired) electrons. The van der Waals surface area contributed by atoms with Crippen LogP contribution in [0.3, 0.4) is 0 Å². The Bertz CT molecular complexity index is 464. The molecule has 1 N–H and O–H groups in total. The smallest absolute Gasteiger partial charge is 0.308 e. The lowest BCUT2D eigenvalue weighted by Gasteiger charge is -2.17. The minimum atomic E-state index is -0.898. The van der Waals surface area contributed by atoms with E-state index in [-0.39, 0.29) is 18.9 Å². The van der Waals surface area contributed by atoms with E-state index in [0.717, 1.165) is 5.69 Å². The monoisotopic (exact) mass is 247 g/mol. The summed E-state index contributed by atoms with van der Waals surface area (Å²) in [7, 11) is 0. The second kappa shape index (κ2) is 4.80. The van der Waals surface area contributed by atoms with Gasteiger partial charge in [0, 0.05) is 18.7 Å². The number of hydrogen-bond donors (Lipinski definition) is 1. The molecule has 1 amide bonds. The maximum Gasteiger partial charge on any atom is 0.308 e. The Hall–Kier alpha value is -1.84. The van der Waals surface area contributed by atoms with Crippen LogP contribution in [0.1, 0.15) is 31.7 Å². The van der Waals surface area contributed by atoms with E-state index in [0.29, 0.717) is 5.92 Å². The van der Waals surface area contributed by atoms with Crippen molar-refractivity contribution in [1.29, 1.82) is 0 Å². The van der Waals surface area contributed by atoms with Crippen molar-refractivity contribution in [3.8, 4) is 0 Å². The topological polar surface area (TPSA) is 57.6 Å². The summed E-state index contributed by atoms with van der Waals surface area (Å²) in [6.45, 7) is 4.49. The second-order valence-corrected chi connectivity index (χ2v) is 4.99. The van der Waals surface area contributed by atoms with E-state index in [9.17, 15) is 9.59 Å². The number of hydrogen-bond acceptors (Lipinski definition) is 2. The molecule has 0 aliphatic carbocycles. The molecular weight excluding hydrogens is 230 g/mol. The van der Waals surface area contributed by atoms with E-state index in [1.807, 2.05) is 24.3 Å². The maximum absolute atomic E-state index is 11.8. The summed E-state index contributed by atoms with van der Waals surface area (Å²) < 4.78 is 0. The van der Waals surface area contributed by atoms with Crippen LogP contribution in [-0.4, -0.2) is 23.5 Å². The van der Waals surface area contributed by atoms with Crippen molar-refractivity contribution in [2.45, 2.75) is 26.2 Å².